The molecule has 1 aromatic heterocycles. The molecule has 0 fully saturated rings. The topological polar surface area (TPSA) is 33.5 Å². The van der Waals surface area contributed by atoms with Crippen LogP contribution < -0.4 is 0 Å². The summed E-state index contributed by atoms with van der Waals surface area (Å²) in [5, 5.41) is 0.960. The Bertz CT molecular complexity index is 517. The van der Waals surface area contributed by atoms with Crippen molar-refractivity contribution in [2.24, 2.45) is 0 Å². The lowest BCUT2D eigenvalue weighted by atomic mass is 10.2. The average molecular weight is 280 g/mol. The van der Waals surface area contributed by atoms with E-state index in [4.69, 9.17) is 16.0 Å². The van der Waals surface area contributed by atoms with Crippen LogP contribution in [0.1, 0.15) is 29.8 Å². The number of hydrogen-bond donors (Lipinski definition) is 0. The Morgan fingerprint density at radius 1 is 1.26 bits per heavy atom. The molecule has 2 rings (SSSR count). The van der Waals surface area contributed by atoms with Gasteiger partial charge in [0, 0.05) is 24.9 Å². The SMILES string of the molecule is CN(CCCCCCl)C(=O)c1cc2ccccc2o1. The molecule has 2 aromatic rings. The molecule has 0 saturated heterocycles. The molecule has 0 aliphatic heterocycles. The van der Waals surface area contributed by atoms with E-state index in [1.54, 1.807) is 18.0 Å². The van der Waals surface area contributed by atoms with Gasteiger partial charge in [-0.2, -0.15) is 0 Å². The van der Waals surface area contributed by atoms with Crippen LogP contribution in [0.25, 0.3) is 11.0 Å². The summed E-state index contributed by atoms with van der Waals surface area (Å²) in [5.74, 6) is 1.02. The Hall–Kier alpha value is -1.48. The number of carbonyl (C=O) groups excluding carboxylic acids is 1. The Kier molecular flexibility index (Phi) is 4.86. The van der Waals surface area contributed by atoms with Gasteiger partial charge < -0.3 is 9.32 Å². The first-order chi connectivity index (χ1) is 9.22. The van der Waals surface area contributed by atoms with Gasteiger partial charge in [-0.3, -0.25) is 4.79 Å². The summed E-state index contributed by atoms with van der Waals surface area (Å²) in [4.78, 5) is 13.9. The molecule has 0 N–H and O–H groups in total. The molecule has 4 heteroatoms. The number of alkyl halides is 1. The predicted octanol–water partition coefficient (Wildman–Crippen LogP) is 3.91. The van der Waals surface area contributed by atoms with E-state index < -0.39 is 0 Å². The van der Waals surface area contributed by atoms with Gasteiger partial charge in [0.25, 0.3) is 5.91 Å². The van der Waals surface area contributed by atoms with E-state index in [9.17, 15) is 4.79 Å². The van der Waals surface area contributed by atoms with E-state index in [1.807, 2.05) is 24.3 Å². The third-order valence-electron chi connectivity index (χ3n) is 3.11. The van der Waals surface area contributed by atoms with Crippen molar-refractivity contribution in [3.63, 3.8) is 0 Å². The zero-order valence-corrected chi connectivity index (χ0v) is 11.8. The lowest BCUT2D eigenvalue weighted by molar-refractivity contribution is 0.0763. The number of benzene rings is 1. The van der Waals surface area contributed by atoms with Crippen LogP contribution in [0.5, 0.6) is 0 Å². The maximum Gasteiger partial charge on any atom is 0.289 e. The van der Waals surface area contributed by atoms with E-state index in [2.05, 4.69) is 0 Å². The van der Waals surface area contributed by atoms with Crippen molar-refractivity contribution in [3.8, 4) is 0 Å². The molecule has 0 aliphatic carbocycles. The second kappa shape index (κ2) is 6.62. The van der Waals surface area contributed by atoms with Crippen LogP contribution in [0.15, 0.2) is 34.7 Å². The molecule has 19 heavy (non-hydrogen) atoms. The van der Waals surface area contributed by atoms with Crippen molar-refractivity contribution in [1.29, 1.82) is 0 Å². The van der Waals surface area contributed by atoms with Crippen LogP contribution >= 0.6 is 11.6 Å². The lowest BCUT2D eigenvalue weighted by Gasteiger charge is -2.15. The molecule has 0 unspecified atom stereocenters. The van der Waals surface area contributed by atoms with Crippen LogP contribution in [0.2, 0.25) is 0 Å². The van der Waals surface area contributed by atoms with Crippen LogP contribution in [-0.4, -0.2) is 30.3 Å². The van der Waals surface area contributed by atoms with Gasteiger partial charge in [-0.15, -0.1) is 11.6 Å². The normalized spacial score (nSPS) is 10.8. The molecule has 0 saturated carbocycles. The summed E-state index contributed by atoms with van der Waals surface area (Å²) in [5.41, 5.74) is 0.751. The van der Waals surface area contributed by atoms with E-state index >= 15 is 0 Å². The van der Waals surface area contributed by atoms with Gasteiger partial charge >= 0.3 is 0 Å². The molecule has 1 heterocycles. The minimum Gasteiger partial charge on any atom is -0.451 e. The molecule has 3 nitrogen and oxygen atoms in total. The number of nitrogens with zero attached hydrogens (tertiary/aromatic N) is 1. The number of unbranched alkanes of at least 4 members (excludes halogenated alkanes) is 2. The summed E-state index contributed by atoms with van der Waals surface area (Å²) >= 11 is 5.62. The zero-order valence-electron chi connectivity index (χ0n) is 11.1. The van der Waals surface area contributed by atoms with Crippen molar-refractivity contribution in [2.75, 3.05) is 19.5 Å². The number of para-hydroxylation sites is 1. The van der Waals surface area contributed by atoms with Crippen LogP contribution in [0.3, 0.4) is 0 Å². The molecular weight excluding hydrogens is 262 g/mol. The Morgan fingerprint density at radius 2 is 2.05 bits per heavy atom. The van der Waals surface area contributed by atoms with Gasteiger partial charge in [0.05, 0.1) is 0 Å². The maximum atomic E-state index is 12.2. The molecule has 0 spiro atoms. The van der Waals surface area contributed by atoms with Gasteiger partial charge in [0.2, 0.25) is 0 Å². The van der Waals surface area contributed by atoms with Crippen molar-refractivity contribution >= 4 is 28.5 Å². The summed E-state index contributed by atoms with van der Waals surface area (Å²) < 4.78 is 5.57. The molecule has 1 aromatic carbocycles. The third kappa shape index (κ3) is 3.51. The standard InChI is InChI=1S/C15H18ClNO2/c1-17(10-6-2-5-9-16)15(18)14-11-12-7-3-4-8-13(12)19-14/h3-4,7-8,11H,2,5-6,9-10H2,1H3. The van der Waals surface area contributed by atoms with Crippen molar-refractivity contribution in [2.45, 2.75) is 19.3 Å². The smallest absolute Gasteiger partial charge is 0.289 e. The highest BCUT2D eigenvalue weighted by molar-refractivity contribution is 6.17. The first-order valence-electron chi connectivity index (χ1n) is 6.52. The number of amides is 1. The number of furan rings is 1. The highest BCUT2D eigenvalue weighted by Gasteiger charge is 2.16. The van der Waals surface area contributed by atoms with Crippen molar-refractivity contribution < 1.29 is 9.21 Å². The third-order valence-corrected chi connectivity index (χ3v) is 3.38. The maximum absolute atomic E-state index is 12.2. The molecular formula is C15H18ClNO2. The van der Waals surface area contributed by atoms with E-state index in [-0.39, 0.29) is 5.91 Å². The predicted molar refractivity (Wildman–Crippen MR) is 77.7 cm³/mol. The van der Waals surface area contributed by atoms with Crippen LogP contribution in [0, 0.1) is 0 Å². The second-order valence-corrected chi connectivity index (χ2v) is 5.00. The second-order valence-electron chi connectivity index (χ2n) is 4.62. The number of hydrogen-bond acceptors (Lipinski definition) is 2. The monoisotopic (exact) mass is 279 g/mol. The highest BCUT2D eigenvalue weighted by atomic mass is 35.5. The summed E-state index contributed by atoms with van der Waals surface area (Å²) in [7, 11) is 1.80. The minimum atomic E-state index is -0.0675. The quantitative estimate of drug-likeness (QED) is 0.593. The van der Waals surface area contributed by atoms with Gasteiger partial charge in [0.15, 0.2) is 5.76 Å². The zero-order chi connectivity index (χ0) is 13.7. The average Bonchev–Trinajstić information content (AvgIpc) is 2.86. The summed E-state index contributed by atoms with van der Waals surface area (Å²) in [6, 6.07) is 9.44. The van der Waals surface area contributed by atoms with Crippen molar-refractivity contribution in [1.82, 2.24) is 4.90 Å². The Morgan fingerprint density at radius 3 is 2.79 bits per heavy atom. The highest BCUT2D eigenvalue weighted by Crippen LogP contribution is 2.19. The molecule has 0 atom stereocenters. The van der Waals surface area contributed by atoms with E-state index in [0.29, 0.717) is 11.6 Å². The number of rotatable bonds is 6. The molecule has 0 aliphatic rings. The number of halogens is 1. The minimum absolute atomic E-state index is 0.0675. The largest absolute Gasteiger partial charge is 0.451 e. The Balaban J connectivity index is 1.98. The van der Waals surface area contributed by atoms with Gasteiger partial charge in [0.1, 0.15) is 5.58 Å². The van der Waals surface area contributed by atoms with Crippen LogP contribution in [0.4, 0.5) is 0 Å². The molecule has 0 bridgehead atoms. The fourth-order valence-corrected chi connectivity index (χ4v) is 2.19. The Labute approximate surface area is 118 Å². The molecule has 102 valence electrons. The summed E-state index contributed by atoms with van der Waals surface area (Å²) in [6.07, 6.45) is 3.00. The van der Waals surface area contributed by atoms with Crippen LogP contribution in [-0.2, 0) is 0 Å². The fourth-order valence-electron chi connectivity index (χ4n) is 2.00. The van der Waals surface area contributed by atoms with Gasteiger partial charge in [-0.25, -0.2) is 0 Å². The fraction of sp³-hybridized carbons (Fsp3) is 0.400. The molecule has 1 amide bonds. The van der Waals surface area contributed by atoms with Crippen molar-refractivity contribution in [3.05, 3.63) is 36.1 Å². The van der Waals surface area contributed by atoms with Gasteiger partial charge in [-0.05, 0) is 25.0 Å². The summed E-state index contributed by atoms with van der Waals surface area (Å²) in [6.45, 7) is 0.729. The number of carbonyl (C=O) groups is 1. The first kappa shape index (κ1) is 13.9. The first-order valence-corrected chi connectivity index (χ1v) is 7.06. The number of fused-ring (bicyclic) bond motifs is 1. The molecule has 0 radical (unpaired) electrons. The van der Waals surface area contributed by atoms with E-state index in [1.165, 1.54) is 0 Å². The van der Waals surface area contributed by atoms with E-state index in [0.717, 1.165) is 36.8 Å². The lowest BCUT2D eigenvalue weighted by Crippen LogP contribution is -2.27. The van der Waals surface area contributed by atoms with Gasteiger partial charge in [-0.1, -0.05) is 24.6 Å².